The number of carbonyl (C=O) groups excluding carboxylic acids is 2. The number of ether oxygens (including phenoxy) is 1. The number of benzene rings is 2. The predicted octanol–water partition coefficient (Wildman–Crippen LogP) is 2.25. The lowest BCUT2D eigenvalue weighted by Gasteiger charge is -2.19. The monoisotopic (exact) mass is 458 g/mol. The van der Waals surface area contributed by atoms with E-state index in [9.17, 15) is 18.6 Å². The molecule has 0 aliphatic heterocycles. The van der Waals surface area contributed by atoms with Crippen molar-refractivity contribution < 1.29 is 28.4 Å². The van der Waals surface area contributed by atoms with Gasteiger partial charge in [0.1, 0.15) is 12.6 Å². The van der Waals surface area contributed by atoms with Crippen LogP contribution in [0.4, 0.5) is 4.79 Å². The molecule has 2 amide bonds. The first-order valence-electron chi connectivity index (χ1n) is 10.3. The van der Waals surface area contributed by atoms with E-state index in [4.69, 9.17) is 9.84 Å². The van der Waals surface area contributed by atoms with Crippen LogP contribution in [0.1, 0.15) is 29.9 Å². The maximum Gasteiger partial charge on any atom is 0.407 e. The molecule has 0 spiro atoms. The van der Waals surface area contributed by atoms with E-state index in [1.54, 1.807) is 0 Å². The molecule has 0 radical (unpaired) electrons. The van der Waals surface area contributed by atoms with Gasteiger partial charge in [-0.15, -0.1) is 0 Å². The van der Waals surface area contributed by atoms with E-state index in [2.05, 4.69) is 10.6 Å². The van der Waals surface area contributed by atoms with E-state index >= 15 is 0 Å². The van der Waals surface area contributed by atoms with Crippen LogP contribution in [0.2, 0.25) is 0 Å². The van der Waals surface area contributed by atoms with Gasteiger partial charge in [0.15, 0.2) is 0 Å². The highest BCUT2D eigenvalue weighted by molar-refractivity contribution is 7.84. The first-order chi connectivity index (χ1) is 15.4. The summed E-state index contributed by atoms with van der Waals surface area (Å²) in [5.74, 6) is -1.47. The fraction of sp³-hybridized carbons (Fsp3) is 0.348. The van der Waals surface area contributed by atoms with Crippen molar-refractivity contribution in [2.75, 3.05) is 25.2 Å². The Morgan fingerprint density at radius 3 is 2.22 bits per heavy atom. The number of rotatable bonds is 10. The SMILES string of the molecule is CS(=O)CCNC(=O)C(CCC(=O)O)NC(=O)OCC1c2ccccc2-c2ccccc21. The normalized spacial score (nSPS) is 14.0. The molecule has 0 saturated carbocycles. The lowest BCUT2D eigenvalue weighted by atomic mass is 9.98. The Bertz CT molecular complexity index is 980. The van der Waals surface area contributed by atoms with Crippen LogP contribution >= 0.6 is 0 Å². The van der Waals surface area contributed by atoms with Crippen molar-refractivity contribution in [3.8, 4) is 11.1 Å². The number of hydrogen-bond acceptors (Lipinski definition) is 5. The summed E-state index contributed by atoms with van der Waals surface area (Å²) in [5, 5.41) is 14.0. The maximum absolute atomic E-state index is 12.5. The minimum Gasteiger partial charge on any atom is -0.481 e. The van der Waals surface area contributed by atoms with Gasteiger partial charge in [-0.25, -0.2) is 4.79 Å². The van der Waals surface area contributed by atoms with Crippen LogP contribution in [0.25, 0.3) is 11.1 Å². The molecule has 0 fully saturated rings. The fourth-order valence-electron chi connectivity index (χ4n) is 3.76. The number of nitrogens with one attached hydrogen (secondary N) is 2. The zero-order valence-electron chi connectivity index (χ0n) is 17.7. The molecule has 1 aliphatic rings. The summed E-state index contributed by atoms with van der Waals surface area (Å²) in [5.41, 5.74) is 4.33. The molecule has 0 bridgehead atoms. The number of fused-ring (bicyclic) bond motifs is 3. The predicted molar refractivity (Wildman–Crippen MR) is 121 cm³/mol. The summed E-state index contributed by atoms with van der Waals surface area (Å²) in [6.07, 6.45) is 0.349. The summed E-state index contributed by atoms with van der Waals surface area (Å²) in [6.45, 7) is 0.250. The van der Waals surface area contributed by atoms with Gasteiger partial charge >= 0.3 is 12.1 Å². The van der Waals surface area contributed by atoms with Gasteiger partial charge < -0.3 is 20.5 Å². The Labute approximate surface area is 188 Å². The number of carbonyl (C=O) groups is 3. The average molecular weight is 459 g/mol. The van der Waals surface area contributed by atoms with E-state index in [0.717, 1.165) is 22.3 Å². The van der Waals surface area contributed by atoms with E-state index in [1.807, 2.05) is 48.5 Å². The van der Waals surface area contributed by atoms with Crippen LogP contribution in [-0.4, -0.2) is 58.5 Å². The first kappa shape index (κ1) is 23.5. The summed E-state index contributed by atoms with van der Waals surface area (Å²) in [7, 11) is -1.08. The molecular weight excluding hydrogens is 432 g/mol. The molecule has 3 rings (SSSR count). The minimum atomic E-state index is -1.08. The van der Waals surface area contributed by atoms with Crippen molar-refractivity contribution in [2.45, 2.75) is 24.8 Å². The van der Waals surface area contributed by atoms with Gasteiger partial charge in [0.05, 0.1) is 0 Å². The van der Waals surface area contributed by atoms with Crippen LogP contribution in [0, 0.1) is 0 Å². The summed E-state index contributed by atoms with van der Waals surface area (Å²) in [6, 6.07) is 14.8. The van der Waals surface area contributed by atoms with Gasteiger partial charge in [-0.2, -0.15) is 0 Å². The van der Waals surface area contributed by atoms with Crippen LogP contribution < -0.4 is 10.6 Å². The molecule has 1 aliphatic carbocycles. The molecule has 0 heterocycles. The van der Waals surface area contributed by atoms with E-state index in [0.29, 0.717) is 0 Å². The molecule has 2 aromatic carbocycles. The third-order valence-electron chi connectivity index (χ3n) is 5.29. The van der Waals surface area contributed by atoms with Crippen molar-refractivity contribution in [3.63, 3.8) is 0 Å². The first-order valence-corrected chi connectivity index (χ1v) is 12.0. The highest BCUT2D eigenvalue weighted by Gasteiger charge is 2.29. The Kier molecular flexibility index (Phi) is 7.99. The molecule has 0 aromatic heterocycles. The van der Waals surface area contributed by atoms with Crippen LogP contribution in [0.15, 0.2) is 48.5 Å². The number of alkyl carbamates (subject to hydrolysis) is 1. The summed E-state index contributed by atoms with van der Waals surface area (Å²) < 4.78 is 16.6. The fourth-order valence-corrected chi connectivity index (χ4v) is 4.15. The van der Waals surface area contributed by atoms with Gasteiger partial charge in [0.25, 0.3) is 0 Å². The van der Waals surface area contributed by atoms with Crippen molar-refractivity contribution in [3.05, 3.63) is 59.7 Å². The largest absolute Gasteiger partial charge is 0.481 e. The molecule has 170 valence electrons. The molecule has 2 atom stereocenters. The molecule has 0 saturated heterocycles. The molecule has 9 heteroatoms. The standard InChI is InChI=1S/C23H26N2O6S/c1-32(30)13-12-24-22(28)20(10-11-21(26)27)25-23(29)31-14-19-17-8-4-2-6-15(17)16-7-3-5-9-18(16)19/h2-9,19-20H,10-14H2,1H3,(H,24,28)(H,25,29)(H,26,27). The molecular formula is C23H26N2O6S. The Morgan fingerprint density at radius 1 is 1.06 bits per heavy atom. The highest BCUT2D eigenvalue weighted by Crippen LogP contribution is 2.44. The molecule has 2 aromatic rings. The van der Waals surface area contributed by atoms with Crippen molar-refractivity contribution in [1.29, 1.82) is 0 Å². The number of aliphatic carboxylic acids is 1. The number of amides is 2. The molecule has 32 heavy (non-hydrogen) atoms. The lowest BCUT2D eigenvalue weighted by molar-refractivity contribution is -0.137. The number of hydrogen-bond donors (Lipinski definition) is 3. The van der Waals surface area contributed by atoms with E-state index in [-0.39, 0.29) is 37.7 Å². The third-order valence-corrected chi connectivity index (χ3v) is 6.07. The van der Waals surface area contributed by atoms with Gasteiger partial charge in [-0.1, -0.05) is 48.5 Å². The van der Waals surface area contributed by atoms with Crippen molar-refractivity contribution in [2.24, 2.45) is 0 Å². The minimum absolute atomic E-state index is 0.0828. The molecule has 3 N–H and O–H groups in total. The third kappa shape index (κ3) is 5.94. The van der Waals surface area contributed by atoms with E-state index in [1.165, 1.54) is 6.26 Å². The average Bonchev–Trinajstić information content (AvgIpc) is 3.08. The van der Waals surface area contributed by atoms with Crippen LogP contribution in [-0.2, 0) is 25.1 Å². The Hall–Kier alpha value is -3.20. The van der Waals surface area contributed by atoms with Gasteiger partial charge in [0.2, 0.25) is 5.91 Å². The second-order valence-corrected chi connectivity index (χ2v) is 9.08. The Balaban J connectivity index is 1.63. The lowest BCUT2D eigenvalue weighted by Crippen LogP contribution is -2.48. The molecule has 2 unspecified atom stereocenters. The van der Waals surface area contributed by atoms with Crippen molar-refractivity contribution in [1.82, 2.24) is 10.6 Å². The van der Waals surface area contributed by atoms with Gasteiger partial charge in [0, 0.05) is 41.7 Å². The van der Waals surface area contributed by atoms with Crippen LogP contribution in [0.5, 0.6) is 0 Å². The zero-order valence-corrected chi connectivity index (χ0v) is 18.5. The smallest absolute Gasteiger partial charge is 0.407 e. The molecule has 8 nitrogen and oxygen atoms in total. The highest BCUT2D eigenvalue weighted by atomic mass is 32.2. The van der Waals surface area contributed by atoms with Gasteiger partial charge in [-0.05, 0) is 28.7 Å². The summed E-state index contributed by atoms with van der Waals surface area (Å²) in [4.78, 5) is 35.8. The summed E-state index contributed by atoms with van der Waals surface area (Å²) >= 11 is 0. The zero-order chi connectivity index (χ0) is 23.1. The van der Waals surface area contributed by atoms with Crippen LogP contribution in [0.3, 0.4) is 0 Å². The number of carboxylic acids is 1. The number of carboxylic acid groups (broad SMARTS) is 1. The van der Waals surface area contributed by atoms with E-state index < -0.39 is 34.8 Å². The maximum atomic E-state index is 12.5. The second-order valence-electron chi connectivity index (χ2n) is 7.52. The topological polar surface area (TPSA) is 122 Å². The Morgan fingerprint density at radius 2 is 1.66 bits per heavy atom. The second kappa shape index (κ2) is 10.9. The quantitative estimate of drug-likeness (QED) is 0.502. The van der Waals surface area contributed by atoms with Gasteiger partial charge in [-0.3, -0.25) is 13.8 Å². The van der Waals surface area contributed by atoms with Crippen molar-refractivity contribution >= 4 is 28.8 Å².